The summed E-state index contributed by atoms with van der Waals surface area (Å²) in [6.45, 7) is 0. The predicted octanol–water partition coefficient (Wildman–Crippen LogP) is 0.857. The lowest BCUT2D eigenvalue weighted by Gasteiger charge is -1.93. The maximum Gasteiger partial charge on any atom is 0.337 e. The largest absolute Gasteiger partial charge is 0.478 e. The Hall–Kier alpha value is -1.56. The van der Waals surface area contributed by atoms with Crippen LogP contribution < -0.4 is 0 Å². The van der Waals surface area contributed by atoms with Gasteiger partial charge in [0, 0.05) is 6.20 Å². The fraction of sp³-hybridized carbons (Fsp3) is 0.125. The summed E-state index contributed by atoms with van der Waals surface area (Å²) >= 11 is 4.03. The van der Waals surface area contributed by atoms with Crippen molar-refractivity contribution in [2.45, 2.75) is 5.75 Å². The third kappa shape index (κ3) is 1.44. The minimum Gasteiger partial charge on any atom is -0.478 e. The Labute approximate surface area is 84.8 Å². The second-order valence-electron chi connectivity index (χ2n) is 2.71. The number of hydrogen-bond donors (Lipinski definition) is 2. The number of carbonyl (C=O) groups is 1. The Kier molecular flexibility index (Phi) is 2.12. The van der Waals surface area contributed by atoms with Crippen LogP contribution in [0.25, 0.3) is 5.65 Å². The molecule has 0 amide bonds. The number of hydrogen-bond acceptors (Lipinski definition) is 4. The molecule has 0 aliphatic heterocycles. The molecule has 0 saturated carbocycles. The molecule has 0 spiro atoms. The van der Waals surface area contributed by atoms with E-state index in [0.717, 1.165) is 0 Å². The lowest BCUT2D eigenvalue weighted by Crippen LogP contribution is -1.99. The zero-order valence-electron chi connectivity index (χ0n) is 7.08. The van der Waals surface area contributed by atoms with E-state index in [1.54, 1.807) is 6.07 Å². The van der Waals surface area contributed by atoms with Gasteiger partial charge in [-0.25, -0.2) is 14.3 Å². The van der Waals surface area contributed by atoms with E-state index in [2.05, 4.69) is 22.7 Å². The summed E-state index contributed by atoms with van der Waals surface area (Å²) in [4.78, 5) is 14.8. The van der Waals surface area contributed by atoms with Crippen LogP contribution in [0.15, 0.2) is 18.3 Å². The Bertz CT molecular complexity index is 494. The van der Waals surface area contributed by atoms with Gasteiger partial charge in [0.2, 0.25) is 0 Å². The number of rotatable bonds is 2. The fourth-order valence-electron chi connectivity index (χ4n) is 1.12. The summed E-state index contributed by atoms with van der Waals surface area (Å²) in [5.41, 5.74) is 0.812. The van der Waals surface area contributed by atoms with Crippen molar-refractivity contribution in [3.63, 3.8) is 0 Å². The standard InChI is InChI=1S/C8H7N3O2S/c12-8(13)5-1-2-7-9-6(4-14)10-11(7)3-5/h1-3,14H,4H2,(H,12,13). The van der Waals surface area contributed by atoms with Gasteiger partial charge in [0.25, 0.3) is 0 Å². The molecule has 2 aromatic rings. The number of carboxylic acids is 1. The van der Waals surface area contributed by atoms with E-state index in [4.69, 9.17) is 5.11 Å². The van der Waals surface area contributed by atoms with Crippen molar-refractivity contribution in [3.05, 3.63) is 29.7 Å². The molecule has 0 atom stereocenters. The first-order valence-electron chi connectivity index (χ1n) is 3.90. The van der Waals surface area contributed by atoms with Gasteiger partial charge in [0.05, 0.1) is 11.3 Å². The van der Waals surface area contributed by atoms with Crippen LogP contribution in [0, 0.1) is 0 Å². The molecule has 5 nitrogen and oxygen atoms in total. The van der Waals surface area contributed by atoms with Crippen molar-refractivity contribution >= 4 is 24.2 Å². The van der Waals surface area contributed by atoms with Gasteiger partial charge in [-0.15, -0.1) is 0 Å². The monoisotopic (exact) mass is 209 g/mol. The highest BCUT2D eigenvalue weighted by atomic mass is 32.1. The lowest BCUT2D eigenvalue weighted by atomic mass is 10.3. The minimum absolute atomic E-state index is 0.188. The lowest BCUT2D eigenvalue weighted by molar-refractivity contribution is 0.0696. The quantitative estimate of drug-likeness (QED) is 0.720. The van der Waals surface area contributed by atoms with Gasteiger partial charge < -0.3 is 5.11 Å². The topological polar surface area (TPSA) is 67.5 Å². The number of thiol groups is 1. The van der Waals surface area contributed by atoms with E-state index >= 15 is 0 Å². The molecule has 0 fully saturated rings. The number of carboxylic acid groups (broad SMARTS) is 1. The van der Waals surface area contributed by atoms with Crippen LogP contribution in [0.4, 0.5) is 0 Å². The van der Waals surface area contributed by atoms with Gasteiger partial charge in [0.15, 0.2) is 11.5 Å². The summed E-state index contributed by atoms with van der Waals surface area (Å²) in [5.74, 6) is 0.0371. The number of aromatic nitrogens is 3. The average Bonchev–Trinajstić information content (AvgIpc) is 2.58. The molecule has 0 aliphatic rings. The average molecular weight is 209 g/mol. The summed E-state index contributed by atoms with van der Waals surface area (Å²) < 4.78 is 1.44. The second kappa shape index (κ2) is 3.30. The van der Waals surface area contributed by atoms with E-state index in [0.29, 0.717) is 17.2 Å². The summed E-state index contributed by atoms with van der Waals surface area (Å²) in [5, 5.41) is 12.8. The number of aromatic carboxylic acids is 1. The molecule has 0 unspecified atom stereocenters. The first-order valence-corrected chi connectivity index (χ1v) is 4.53. The van der Waals surface area contributed by atoms with Crippen LogP contribution in [-0.4, -0.2) is 25.7 Å². The zero-order chi connectivity index (χ0) is 10.1. The molecule has 0 saturated heterocycles. The van der Waals surface area contributed by atoms with Crippen LogP contribution in [0.2, 0.25) is 0 Å². The normalized spacial score (nSPS) is 10.6. The molecule has 72 valence electrons. The van der Waals surface area contributed by atoms with E-state index in [-0.39, 0.29) is 5.56 Å². The summed E-state index contributed by atoms with van der Waals surface area (Å²) in [6, 6.07) is 3.11. The van der Waals surface area contributed by atoms with Gasteiger partial charge in [-0.1, -0.05) is 0 Å². The van der Waals surface area contributed by atoms with Crippen molar-refractivity contribution in [2.75, 3.05) is 0 Å². The third-order valence-corrected chi connectivity index (χ3v) is 2.05. The van der Waals surface area contributed by atoms with Crippen LogP contribution in [-0.2, 0) is 5.75 Å². The maximum absolute atomic E-state index is 10.6. The van der Waals surface area contributed by atoms with E-state index < -0.39 is 5.97 Å². The smallest absolute Gasteiger partial charge is 0.337 e. The van der Waals surface area contributed by atoms with E-state index in [9.17, 15) is 4.79 Å². The van der Waals surface area contributed by atoms with Crippen molar-refractivity contribution in [1.29, 1.82) is 0 Å². The summed E-state index contributed by atoms with van der Waals surface area (Å²) in [7, 11) is 0. The van der Waals surface area contributed by atoms with Crippen LogP contribution in [0.3, 0.4) is 0 Å². The van der Waals surface area contributed by atoms with Crippen molar-refractivity contribution in [1.82, 2.24) is 14.6 Å². The maximum atomic E-state index is 10.6. The van der Waals surface area contributed by atoms with Gasteiger partial charge in [-0.3, -0.25) is 0 Å². The highest BCUT2D eigenvalue weighted by Crippen LogP contribution is 2.06. The van der Waals surface area contributed by atoms with Gasteiger partial charge in [-0.05, 0) is 12.1 Å². The highest BCUT2D eigenvalue weighted by molar-refractivity contribution is 7.79. The number of fused-ring (bicyclic) bond motifs is 1. The molecule has 2 rings (SSSR count). The molecule has 0 aromatic carbocycles. The van der Waals surface area contributed by atoms with E-state index in [1.807, 2.05) is 0 Å². The predicted molar refractivity (Wildman–Crippen MR) is 52.6 cm³/mol. The molecule has 2 aromatic heterocycles. The fourth-order valence-corrected chi connectivity index (χ4v) is 1.26. The molecule has 0 bridgehead atoms. The van der Waals surface area contributed by atoms with Crippen LogP contribution in [0.5, 0.6) is 0 Å². The zero-order valence-corrected chi connectivity index (χ0v) is 7.98. The second-order valence-corrected chi connectivity index (χ2v) is 3.03. The van der Waals surface area contributed by atoms with Crippen LogP contribution in [0.1, 0.15) is 16.2 Å². The summed E-state index contributed by atoms with van der Waals surface area (Å²) in [6.07, 6.45) is 1.43. The molecule has 2 heterocycles. The molecule has 1 N–H and O–H groups in total. The Balaban J connectivity index is 2.59. The van der Waals surface area contributed by atoms with Crippen molar-refractivity contribution in [2.24, 2.45) is 0 Å². The molecular formula is C8H7N3O2S. The first kappa shape index (κ1) is 9.01. The van der Waals surface area contributed by atoms with Crippen molar-refractivity contribution < 1.29 is 9.90 Å². The molecule has 6 heteroatoms. The first-order chi connectivity index (χ1) is 6.70. The number of nitrogens with zero attached hydrogens (tertiary/aromatic N) is 3. The highest BCUT2D eigenvalue weighted by Gasteiger charge is 2.06. The Morgan fingerprint density at radius 3 is 3.00 bits per heavy atom. The van der Waals surface area contributed by atoms with Crippen LogP contribution >= 0.6 is 12.6 Å². The third-order valence-electron chi connectivity index (χ3n) is 1.76. The van der Waals surface area contributed by atoms with Gasteiger partial charge in [-0.2, -0.15) is 17.7 Å². The minimum atomic E-state index is -0.977. The van der Waals surface area contributed by atoms with Gasteiger partial charge in [0.1, 0.15) is 0 Å². The van der Waals surface area contributed by atoms with E-state index in [1.165, 1.54) is 16.8 Å². The SMILES string of the molecule is O=C(O)c1ccc2nc(CS)nn2c1. The number of pyridine rings is 1. The molecule has 0 radical (unpaired) electrons. The Morgan fingerprint density at radius 2 is 2.36 bits per heavy atom. The Morgan fingerprint density at radius 1 is 1.57 bits per heavy atom. The van der Waals surface area contributed by atoms with Gasteiger partial charge >= 0.3 is 5.97 Å². The molecular weight excluding hydrogens is 202 g/mol. The van der Waals surface area contributed by atoms with Crippen molar-refractivity contribution in [3.8, 4) is 0 Å². The molecule has 14 heavy (non-hydrogen) atoms. The molecule has 0 aliphatic carbocycles.